The van der Waals surface area contributed by atoms with E-state index in [0.717, 1.165) is 42.6 Å². The van der Waals surface area contributed by atoms with E-state index in [9.17, 15) is 29.1 Å². The van der Waals surface area contributed by atoms with Gasteiger partial charge in [0.1, 0.15) is 18.1 Å². The summed E-state index contributed by atoms with van der Waals surface area (Å²) in [6.45, 7) is 3.54. The van der Waals surface area contributed by atoms with Crippen molar-refractivity contribution in [2.24, 2.45) is 17.8 Å². The molecule has 5 amide bonds. The second-order valence-electron chi connectivity index (χ2n) is 15.8. The van der Waals surface area contributed by atoms with Crippen molar-refractivity contribution in [3.8, 4) is 0 Å². The summed E-state index contributed by atoms with van der Waals surface area (Å²) in [5.74, 6) is -8.38. The summed E-state index contributed by atoms with van der Waals surface area (Å²) in [5, 5.41) is 22.1. The number of aliphatic hydroxyl groups is 1. The third-order valence-electron chi connectivity index (χ3n) is 11.9. The number of imidazole rings is 1. The zero-order valence-corrected chi connectivity index (χ0v) is 31.7. The van der Waals surface area contributed by atoms with Gasteiger partial charge in [-0.15, -0.1) is 0 Å². The molecule has 1 saturated heterocycles. The average molecular weight is 768 g/mol. The van der Waals surface area contributed by atoms with Gasteiger partial charge in [-0.3, -0.25) is 24.0 Å². The second kappa shape index (κ2) is 17.6. The van der Waals surface area contributed by atoms with Gasteiger partial charge < -0.3 is 35.8 Å². The maximum absolute atomic E-state index is 15.2. The summed E-state index contributed by atoms with van der Waals surface area (Å²) >= 11 is 0. The predicted octanol–water partition coefficient (Wildman–Crippen LogP) is 3.30. The molecule has 4 fully saturated rings. The molecular weight excluding hydrogens is 712 g/mol. The van der Waals surface area contributed by atoms with Gasteiger partial charge >= 0.3 is 0 Å². The van der Waals surface area contributed by atoms with Crippen LogP contribution >= 0.6 is 0 Å². The van der Waals surface area contributed by atoms with E-state index in [1.807, 2.05) is 37.3 Å². The monoisotopic (exact) mass is 767 g/mol. The molecule has 5 N–H and O–H groups in total. The topological polar surface area (TPSA) is 175 Å². The van der Waals surface area contributed by atoms with Crippen LogP contribution in [0, 0.1) is 17.8 Å². The Bertz CT molecular complexity index is 1680. The number of hydrogen-bond acceptors (Lipinski definition) is 7. The Balaban J connectivity index is 1.19. The number of amides is 5. The van der Waals surface area contributed by atoms with Crippen molar-refractivity contribution in [3.05, 3.63) is 54.1 Å². The molecule has 0 bridgehead atoms. The van der Waals surface area contributed by atoms with Crippen LogP contribution in [0.4, 0.5) is 8.78 Å². The molecule has 3 aliphatic carbocycles. The van der Waals surface area contributed by atoms with E-state index >= 15 is 8.78 Å². The van der Waals surface area contributed by atoms with Gasteiger partial charge in [-0.25, -0.2) is 13.8 Å². The number of aliphatic hydroxyl groups excluding tert-OH is 1. The fourth-order valence-electron chi connectivity index (χ4n) is 8.71. The maximum Gasteiger partial charge on any atom is 0.287 e. The van der Waals surface area contributed by atoms with Gasteiger partial charge in [0, 0.05) is 43.9 Å². The molecule has 7 atom stereocenters. The molecule has 1 aliphatic heterocycles. The summed E-state index contributed by atoms with van der Waals surface area (Å²) in [4.78, 5) is 74.5. The fourth-order valence-corrected chi connectivity index (χ4v) is 8.71. The van der Waals surface area contributed by atoms with Crippen LogP contribution in [-0.4, -0.2) is 97.9 Å². The van der Waals surface area contributed by atoms with E-state index in [2.05, 4.69) is 26.3 Å². The lowest BCUT2D eigenvalue weighted by Crippen LogP contribution is -2.60. The standard InChI is InChI=1S/C40H55F2N7O6/c1-3-11-30(33(50)37(53)44-26-16-17-26)46-36(52)32-27-18-19-40(41,42)28(27)23-49(32)39(55)29(4-2)45-35(51)31(25-14-9-6-10-15-25)47-38(54)34-43-20-21-48(34)22-24-12-7-5-8-13-24/h5,7-8,12-13,20-21,25-33,50H,3-4,6,9-11,14-19,22-23H2,1-2H3,(H,44,53)(H,45,51)(H,46,52)(H,47,54)/t27-,28-,29-,30-,31-,32-,33?/m0/s1. The minimum atomic E-state index is -3.10. The normalized spacial score (nSPS) is 24.2. The lowest BCUT2D eigenvalue weighted by molar-refractivity contribution is -0.144. The number of aromatic nitrogens is 2. The van der Waals surface area contributed by atoms with E-state index in [-0.39, 0.29) is 43.6 Å². The van der Waals surface area contributed by atoms with Crippen LogP contribution in [0.2, 0.25) is 0 Å². The highest BCUT2D eigenvalue weighted by Crippen LogP contribution is 2.51. The molecule has 3 saturated carbocycles. The molecule has 55 heavy (non-hydrogen) atoms. The van der Waals surface area contributed by atoms with Gasteiger partial charge in [0.2, 0.25) is 17.7 Å². The molecule has 2 aromatic rings. The van der Waals surface area contributed by atoms with E-state index in [1.165, 1.54) is 6.20 Å². The Morgan fingerprint density at radius 2 is 1.67 bits per heavy atom. The number of nitrogens with zero attached hydrogens (tertiary/aromatic N) is 3. The molecule has 15 heteroatoms. The minimum absolute atomic E-state index is 0.0143. The number of rotatable bonds is 16. The van der Waals surface area contributed by atoms with Crippen LogP contribution in [0.15, 0.2) is 42.7 Å². The zero-order chi connectivity index (χ0) is 39.3. The summed E-state index contributed by atoms with van der Waals surface area (Å²) in [5.41, 5.74) is 0.965. The molecule has 2 heterocycles. The van der Waals surface area contributed by atoms with Crippen LogP contribution in [0.25, 0.3) is 0 Å². The lowest BCUT2D eigenvalue weighted by atomic mass is 9.83. The van der Waals surface area contributed by atoms with Gasteiger partial charge in [0.15, 0.2) is 11.9 Å². The van der Waals surface area contributed by atoms with Crippen LogP contribution in [0.5, 0.6) is 0 Å². The molecule has 300 valence electrons. The first-order valence-electron chi connectivity index (χ1n) is 20.0. The quantitative estimate of drug-likeness (QED) is 0.174. The molecule has 0 radical (unpaired) electrons. The van der Waals surface area contributed by atoms with Crippen molar-refractivity contribution in [1.29, 1.82) is 0 Å². The van der Waals surface area contributed by atoms with Crippen molar-refractivity contribution in [3.63, 3.8) is 0 Å². The minimum Gasteiger partial charge on any atom is -0.381 e. The van der Waals surface area contributed by atoms with Crippen molar-refractivity contribution in [2.45, 2.75) is 140 Å². The van der Waals surface area contributed by atoms with Crippen molar-refractivity contribution in [2.75, 3.05) is 6.54 Å². The molecule has 1 aromatic carbocycles. The smallest absolute Gasteiger partial charge is 0.287 e. The molecule has 4 aliphatic rings. The van der Waals surface area contributed by atoms with Crippen LogP contribution in [-0.2, 0) is 25.7 Å². The van der Waals surface area contributed by atoms with Crippen molar-refractivity contribution >= 4 is 29.5 Å². The highest BCUT2D eigenvalue weighted by molar-refractivity contribution is 5.97. The Morgan fingerprint density at radius 3 is 2.35 bits per heavy atom. The molecule has 0 spiro atoms. The number of fused-ring (bicyclic) bond motifs is 1. The van der Waals surface area contributed by atoms with Gasteiger partial charge in [-0.1, -0.05) is 69.9 Å². The highest BCUT2D eigenvalue weighted by atomic mass is 19.3. The zero-order valence-electron chi connectivity index (χ0n) is 31.7. The molecular formula is C40H55F2N7O6. The average Bonchev–Trinajstić information content (AvgIpc) is 3.58. The lowest BCUT2D eigenvalue weighted by Gasteiger charge is -2.34. The summed E-state index contributed by atoms with van der Waals surface area (Å²) in [6, 6.07) is 5.14. The summed E-state index contributed by atoms with van der Waals surface area (Å²) < 4.78 is 32.2. The van der Waals surface area contributed by atoms with Crippen molar-refractivity contribution < 1.29 is 37.9 Å². The first-order valence-corrected chi connectivity index (χ1v) is 20.0. The number of hydrogen-bond donors (Lipinski definition) is 5. The van der Waals surface area contributed by atoms with Gasteiger partial charge in [0.05, 0.1) is 6.04 Å². The molecule has 1 unspecified atom stereocenters. The van der Waals surface area contributed by atoms with E-state index in [4.69, 9.17) is 0 Å². The Hall–Kier alpha value is -4.40. The van der Waals surface area contributed by atoms with E-state index in [0.29, 0.717) is 25.8 Å². The number of nitrogens with one attached hydrogen (secondary N) is 4. The Kier molecular flexibility index (Phi) is 12.9. The number of carbonyl (C=O) groups excluding carboxylic acids is 5. The van der Waals surface area contributed by atoms with Gasteiger partial charge in [-0.05, 0) is 62.3 Å². The second-order valence-corrected chi connectivity index (χ2v) is 15.8. The Morgan fingerprint density at radius 1 is 0.945 bits per heavy atom. The number of benzene rings is 1. The number of halogens is 2. The number of carbonyl (C=O) groups is 5. The predicted molar refractivity (Wildman–Crippen MR) is 198 cm³/mol. The van der Waals surface area contributed by atoms with E-state index < -0.39 is 84.0 Å². The van der Waals surface area contributed by atoms with Gasteiger partial charge in [0.25, 0.3) is 17.7 Å². The first-order chi connectivity index (χ1) is 26.4. The Labute approximate surface area is 320 Å². The van der Waals surface area contributed by atoms with Gasteiger partial charge in [-0.2, -0.15) is 0 Å². The maximum atomic E-state index is 15.2. The van der Waals surface area contributed by atoms with Crippen LogP contribution < -0.4 is 21.3 Å². The summed E-state index contributed by atoms with van der Waals surface area (Å²) in [6.07, 6.45) is 7.90. The fraction of sp³-hybridized carbons (Fsp3) is 0.650. The number of likely N-dealkylation sites (tertiary alicyclic amines) is 1. The third kappa shape index (κ3) is 9.36. The van der Waals surface area contributed by atoms with Crippen molar-refractivity contribution in [1.82, 2.24) is 35.7 Å². The first kappa shape index (κ1) is 40.3. The van der Waals surface area contributed by atoms with E-state index in [1.54, 1.807) is 17.7 Å². The largest absolute Gasteiger partial charge is 0.381 e. The SMILES string of the molecule is CCC[C@H](NC(=O)[C@@H]1[C@H]2CCC(F)(F)[C@H]2CN1C(=O)[C@H](CC)NC(=O)[C@@H](NC(=O)c1nccn1Cc1ccccc1)C1CCCCC1)C(O)C(=O)NC1CC1. The van der Waals surface area contributed by atoms with Crippen LogP contribution in [0.1, 0.15) is 107 Å². The molecule has 13 nitrogen and oxygen atoms in total. The molecule has 6 rings (SSSR count). The van der Waals surface area contributed by atoms with Crippen LogP contribution in [0.3, 0.4) is 0 Å². The third-order valence-corrected chi connectivity index (χ3v) is 11.9. The molecule has 1 aromatic heterocycles. The highest BCUT2D eigenvalue weighted by Gasteiger charge is 2.61. The summed E-state index contributed by atoms with van der Waals surface area (Å²) in [7, 11) is 0. The number of alkyl halides is 2.